The molecule has 1 saturated heterocycles. The molecule has 8 heteroatoms. The zero-order chi connectivity index (χ0) is 21.8. The van der Waals surface area contributed by atoms with Crippen LogP contribution in [0, 0.1) is 0 Å². The van der Waals surface area contributed by atoms with Crippen LogP contribution in [-0.2, 0) is 26.5 Å². The lowest BCUT2D eigenvalue weighted by Gasteiger charge is -2.36. The summed E-state index contributed by atoms with van der Waals surface area (Å²) in [5, 5.41) is -0.0425. The monoisotopic (exact) mass is 416 g/mol. The summed E-state index contributed by atoms with van der Waals surface area (Å²) >= 11 is 0. The van der Waals surface area contributed by atoms with Gasteiger partial charge in [-0.1, -0.05) is 32.9 Å². The van der Waals surface area contributed by atoms with Crippen LogP contribution in [0.3, 0.4) is 0 Å². The number of hydrogen-bond acceptors (Lipinski definition) is 3. The summed E-state index contributed by atoms with van der Waals surface area (Å²) in [7, 11) is -2.86. The van der Waals surface area contributed by atoms with Crippen molar-refractivity contribution in [1.29, 1.82) is 0 Å². The molecule has 1 aliphatic rings. The molecule has 3 nitrogen and oxygen atoms in total. The minimum absolute atomic E-state index is 0.0425. The van der Waals surface area contributed by atoms with Gasteiger partial charge >= 0.3 is 13.3 Å². The van der Waals surface area contributed by atoms with E-state index in [9.17, 15) is 13.2 Å². The summed E-state index contributed by atoms with van der Waals surface area (Å²) < 4.78 is 58.2. The van der Waals surface area contributed by atoms with Crippen molar-refractivity contribution in [1.82, 2.24) is 0 Å². The summed E-state index contributed by atoms with van der Waals surface area (Å²) in [5.74, 6) is 0. The highest BCUT2D eigenvalue weighted by Crippen LogP contribution is 2.39. The Hall–Kier alpha value is -0.828. The summed E-state index contributed by atoms with van der Waals surface area (Å²) in [6, 6.07) is 3.69. The van der Waals surface area contributed by atoms with Crippen molar-refractivity contribution in [2.75, 3.05) is 0 Å². The van der Waals surface area contributed by atoms with Crippen LogP contribution in [0.25, 0.3) is 0 Å². The highest BCUT2D eigenvalue weighted by Gasteiger charge is 2.52. The van der Waals surface area contributed by atoms with E-state index >= 15 is 0 Å². The van der Waals surface area contributed by atoms with E-state index in [-0.39, 0.29) is 11.6 Å². The van der Waals surface area contributed by atoms with Gasteiger partial charge in [0.2, 0.25) is 0 Å². The zero-order valence-electron chi connectivity index (χ0n) is 18.4. The minimum Gasteiger partial charge on any atom is -0.413 e. The molecule has 0 amide bonds. The maximum Gasteiger partial charge on any atom is 0.495 e. The molecule has 0 atom stereocenters. The first-order chi connectivity index (χ1) is 12.4. The van der Waals surface area contributed by atoms with E-state index in [1.165, 1.54) is 6.07 Å². The molecule has 1 fully saturated rings. The molecule has 0 N–H and O–H groups in total. The molecular weight excluding hydrogens is 384 g/mol. The van der Waals surface area contributed by atoms with E-state index in [2.05, 4.69) is 33.9 Å². The van der Waals surface area contributed by atoms with Crippen molar-refractivity contribution in [2.24, 2.45) is 0 Å². The molecule has 2 rings (SSSR count). The highest BCUT2D eigenvalue weighted by atomic mass is 28.4. The van der Waals surface area contributed by atoms with E-state index in [0.29, 0.717) is 11.0 Å². The standard InChI is InChI=1S/C20H32BF3O3Si/c1-17(2,3)28(8,9)25-13-14-12-15(20(22,23)24)10-11-16(14)21-26-18(4,5)19(6,7)27-21/h10-12H,13H2,1-9H3. The van der Waals surface area contributed by atoms with Gasteiger partial charge < -0.3 is 13.7 Å². The Morgan fingerprint density at radius 1 is 1.00 bits per heavy atom. The summed E-state index contributed by atoms with van der Waals surface area (Å²) in [4.78, 5) is 0. The van der Waals surface area contributed by atoms with Crippen molar-refractivity contribution >= 4 is 20.9 Å². The van der Waals surface area contributed by atoms with Crippen LogP contribution in [0.1, 0.15) is 59.6 Å². The van der Waals surface area contributed by atoms with Crippen molar-refractivity contribution in [3.05, 3.63) is 29.3 Å². The lowest BCUT2D eigenvalue weighted by Crippen LogP contribution is -2.42. The third kappa shape index (κ3) is 4.66. The number of alkyl halides is 3. The van der Waals surface area contributed by atoms with Gasteiger partial charge in [-0.25, -0.2) is 0 Å². The molecule has 0 saturated carbocycles. The van der Waals surface area contributed by atoms with Gasteiger partial charge in [0, 0.05) is 0 Å². The van der Waals surface area contributed by atoms with Crippen LogP contribution in [0.4, 0.5) is 13.2 Å². The fourth-order valence-corrected chi connectivity index (χ4v) is 3.53. The summed E-state index contributed by atoms with van der Waals surface area (Å²) in [6.45, 7) is 18.2. The third-order valence-electron chi connectivity index (χ3n) is 6.37. The van der Waals surface area contributed by atoms with Crippen LogP contribution in [-0.4, -0.2) is 26.6 Å². The minimum atomic E-state index is -4.42. The van der Waals surface area contributed by atoms with Gasteiger partial charge in [0.1, 0.15) is 0 Å². The van der Waals surface area contributed by atoms with Crippen molar-refractivity contribution in [3.8, 4) is 0 Å². The third-order valence-corrected chi connectivity index (χ3v) is 10.9. The molecule has 0 unspecified atom stereocenters. The summed E-state index contributed by atoms with van der Waals surface area (Å²) in [6.07, 6.45) is -4.42. The van der Waals surface area contributed by atoms with Crippen LogP contribution in [0.2, 0.25) is 18.1 Å². The fraction of sp³-hybridized carbons (Fsp3) is 0.700. The topological polar surface area (TPSA) is 27.7 Å². The van der Waals surface area contributed by atoms with Gasteiger partial charge in [-0.05, 0) is 62.9 Å². The van der Waals surface area contributed by atoms with Gasteiger partial charge in [0.25, 0.3) is 0 Å². The largest absolute Gasteiger partial charge is 0.495 e. The number of benzene rings is 1. The number of halogens is 3. The van der Waals surface area contributed by atoms with E-state index in [0.717, 1.165) is 12.1 Å². The maximum absolute atomic E-state index is 13.3. The molecule has 0 aliphatic carbocycles. The number of hydrogen-bond donors (Lipinski definition) is 0. The quantitative estimate of drug-likeness (QED) is 0.605. The van der Waals surface area contributed by atoms with Crippen molar-refractivity contribution < 1.29 is 26.9 Å². The molecule has 0 bridgehead atoms. The van der Waals surface area contributed by atoms with E-state index < -0.39 is 38.4 Å². The van der Waals surface area contributed by atoms with E-state index in [1.807, 2.05) is 27.7 Å². The van der Waals surface area contributed by atoms with Crippen LogP contribution in [0.5, 0.6) is 0 Å². The van der Waals surface area contributed by atoms with Gasteiger partial charge in [0.05, 0.1) is 23.4 Å². The predicted octanol–water partition coefficient (Wildman–Crippen LogP) is 5.53. The Morgan fingerprint density at radius 3 is 1.93 bits per heavy atom. The molecule has 0 radical (unpaired) electrons. The molecule has 28 heavy (non-hydrogen) atoms. The molecule has 1 heterocycles. The normalized spacial score (nSPS) is 19.9. The Kier molecular flexibility index (Phi) is 5.99. The Balaban J connectivity index is 2.41. The first-order valence-corrected chi connectivity index (χ1v) is 12.5. The second kappa shape index (κ2) is 7.15. The molecule has 1 aromatic carbocycles. The first-order valence-electron chi connectivity index (χ1n) is 9.57. The highest BCUT2D eigenvalue weighted by molar-refractivity contribution is 6.74. The van der Waals surface area contributed by atoms with E-state index in [4.69, 9.17) is 13.7 Å². The molecular formula is C20H32BF3O3Si. The average Bonchev–Trinajstić information content (AvgIpc) is 2.71. The Labute approximate surface area is 168 Å². The van der Waals surface area contributed by atoms with Crippen molar-refractivity contribution in [3.63, 3.8) is 0 Å². The van der Waals surface area contributed by atoms with Gasteiger partial charge in [-0.15, -0.1) is 0 Å². The second-order valence-electron chi connectivity index (χ2n) is 10.0. The lowest BCUT2D eigenvalue weighted by atomic mass is 9.75. The smallest absolute Gasteiger partial charge is 0.413 e. The van der Waals surface area contributed by atoms with Crippen molar-refractivity contribution in [2.45, 2.75) is 90.6 Å². The van der Waals surface area contributed by atoms with Crippen LogP contribution >= 0.6 is 0 Å². The molecule has 0 spiro atoms. The van der Waals surface area contributed by atoms with Gasteiger partial charge in [-0.2, -0.15) is 13.2 Å². The molecule has 0 aromatic heterocycles. The van der Waals surface area contributed by atoms with Gasteiger partial charge in [-0.3, -0.25) is 0 Å². The summed E-state index contributed by atoms with van der Waals surface area (Å²) in [5.41, 5.74) is -0.791. The second-order valence-corrected chi connectivity index (χ2v) is 14.9. The predicted molar refractivity (Wildman–Crippen MR) is 109 cm³/mol. The average molecular weight is 416 g/mol. The lowest BCUT2D eigenvalue weighted by molar-refractivity contribution is -0.137. The molecule has 1 aromatic rings. The fourth-order valence-electron chi connectivity index (χ4n) is 2.58. The molecule has 1 aliphatic heterocycles. The van der Waals surface area contributed by atoms with Crippen LogP contribution < -0.4 is 5.46 Å². The maximum atomic E-state index is 13.3. The number of rotatable bonds is 4. The van der Waals surface area contributed by atoms with Crippen LogP contribution in [0.15, 0.2) is 18.2 Å². The Bertz CT molecular complexity index is 708. The van der Waals surface area contributed by atoms with Gasteiger partial charge in [0.15, 0.2) is 8.32 Å². The molecule has 158 valence electrons. The van der Waals surface area contributed by atoms with E-state index in [1.54, 1.807) is 0 Å². The first kappa shape index (κ1) is 23.5. The SMILES string of the molecule is CC1(C)OB(c2ccc(C(F)(F)F)cc2CO[Si](C)(C)C(C)(C)C)OC1(C)C. The zero-order valence-corrected chi connectivity index (χ0v) is 19.4. The Morgan fingerprint density at radius 2 is 1.50 bits per heavy atom.